The first-order valence-electron chi connectivity index (χ1n) is 9.51. The summed E-state index contributed by atoms with van der Waals surface area (Å²) in [5, 5.41) is 2.72. The molecule has 0 aromatic heterocycles. The zero-order valence-electron chi connectivity index (χ0n) is 17.7. The van der Waals surface area contributed by atoms with Crippen molar-refractivity contribution in [2.45, 2.75) is 11.8 Å². The molecule has 3 aromatic carbocycles. The first kappa shape index (κ1) is 22.8. The number of methoxy groups -OCH3 is 2. The number of ketones is 1. The van der Waals surface area contributed by atoms with E-state index in [0.29, 0.717) is 17.2 Å². The maximum Gasteiger partial charge on any atom is 0.261 e. The summed E-state index contributed by atoms with van der Waals surface area (Å²) in [5.74, 6) is 0.150. The molecule has 1 amide bonds. The normalized spacial score (nSPS) is 10.8. The average molecular weight is 455 g/mol. The van der Waals surface area contributed by atoms with E-state index in [1.807, 2.05) is 0 Å². The number of carbonyl (C=O) groups excluding carboxylic acids is 2. The minimum Gasteiger partial charge on any atom is -0.497 e. The minimum absolute atomic E-state index is 0.0859. The number of Topliss-reactive ketones (excluding diaryl/α,β-unsaturated/α-hetero) is 1. The maximum absolute atomic E-state index is 12.9. The number of sulfonamides is 1. The monoisotopic (exact) mass is 454 g/mol. The maximum atomic E-state index is 12.9. The lowest BCUT2D eigenvalue weighted by molar-refractivity contribution is 0.101. The van der Waals surface area contributed by atoms with Crippen molar-refractivity contribution < 1.29 is 27.5 Å². The zero-order chi connectivity index (χ0) is 23.3. The third-order valence-electron chi connectivity index (χ3n) is 4.62. The lowest BCUT2D eigenvalue weighted by atomic mass is 10.1. The fraction of sp³-hybridized carbons (Fsp3) is 0.130. The van der Waals surface area contributed by atoms with Gasteiger partial charge in [0.25, 0.3) is 15.9 Å². The third-order valence-corrected chi connectivity index (χ3v) is 5.99. The molecule has 9 heteroatoms. The number of rotatable bonds is 8. The number of para-hydroxylation sites is 1. The van der Waals surface area contributed by atoms with Gasteiger partial charge in [0.05, 0.1) is 36.1 Å². The number of ether oxygens (including phenoxy) is 2. The van der Waals surface area contributed by atoms with Gasteiger partial charge in [0.1, 0.15) is 11.5 Å². The Morgan fingerprint density at radius 1 is 0.844 bits per heavy atom. The number of carbonyl (C=O) groups is 2. The Bertz CT molecular complexity index is 1270. The predicted octanol–water partition coefficient (Wildman–Crippen LogP) is 3.96. The number of hydrogen-bond donors (Lipinski definition) is 2. The van der Waals surface area contributed by atoms with E-state index in [9.17, 15) is 18.0 Å². The first-order chi connectivity index (χ1) is 15.2. The van der Waals surface area contributed by atoms with Crippen LogP contribution in [0.5, 0.6) is 11.5 Å². The molecule has 0 saturated heterocycles. The molecule has 0 heterocycles. The Morgan fingerprint density at radius 3 is 2.28 bits per heavy atom. The number of hydrogen-bond acceptors (Lipinski definition) is 6. The van der Waals surface area contributed by atoms with Crippen LogP contribution in [0.3, 0.4) is 0 Å². The number of benzene rings is 3. The summed E-state index contributed by atoms with van der Waals surface area (Å²) in [5.41, 5.74) is 0.859. The van der Waals surface area contributed by atoms with Gasteiger partial charge in [-0.05, 0) is 43.3 Å². The molecular weight excluding hydrogens is 432 g/mol. The van der Waals surface area contributed by atoms with Crippen LogP contribution >= 0.6 is 0 Å². The summed E-state index contributed by atoms with van der Waals surface area (Å²) in [4.78, 5) is 24.5. The highest BCUT2D eigenvalue weighted by Gasteiger charge is 2.20. The van der Waals surface area contributed by atoms with Crippen LogP contribution in [-0.4, -0.2) is 34.3 Å². The van der Waals surface area contributed by atoms with Gasteiger partial charge in [-0.25, -0.2) is 8.42 Å². The number of amides is 1. The number of nitrogens with one attached hydrogen (secondary N) is 2. The van der Waals surface area contributed by atoms with E-state index >= 15 is 0 Å². The molecule has 0 saturated carbocycles. The van der Waals surface area contributed by atoms with E-state index < -0.39 is 15.9 Å². The molecule has 0 radical (unpaired) electrons. The van der Waals surface area contributed by atoms with Crippen LogP contribution < -0.4 is 19.5 Å². The molecule has 0 aliphatic heterocycles. The minimum atomic E-state index is -4.04. The van der Waals surface area contributed by atoms with Gasteiger partial charge in [-0.3, -0.25) is 14.3 Å². The van der Waals surface area contributed by atoms with E-state index in [1.54, 1.807) is 30.3 Å². The van der Waals surface area contributed by atoms with E-state index in [2.05, 4.69) is 10.0 Å². The van der Waals surface area contributed by atoms with Crippen molar-refractivity contribution in [2.24, 2.45) is 0 Å². The third kappa shape index (κ3) is 5.06. The molecule has 32 heavy (non-hydrogen) atoms. The van der Waals surface area contributed by atoms with Crippen molar-refractivity contribution in [2.75, 3.05) is 24.3 Å². The second kappa shape index (κ2) is 9.52. The average Bonchev–Trinajstić information content (AvgIpc) is 2.79. The summed E-state index contributed by atoms with van der Waals surface area (Å²) in [6.45, 7) is 1.35. The standard InChI is InChI=1S/C23H22N2O6S/c1-15(26)16-7-6-8-18(13-16)32(28,29)25-20-10-5-4-9-19(20)23(27)24-21-12-11-17(30-2)14-22(21)31-3/h4-14,25H,1-3H3,(H,24,27). The largest absolute Gasteiger partial charge is 0.497 e. The highest BCUT2D eigenvalue weighted by molar-refractivity contribution is 7.92. The molecule has 0 aliphatic rings. The molecule has 3 aromatic rings. The molecule has 0 unspecified atom stereocenters. The summed E-state index contributed by atoms with van der Waals surface area (Å²) in [7, 11) is -1.07. The van der Waals surface area contributed by atoms with Crippen LogP contribution in [0.1, 0.15) is 27.6 Å². The second-order valence-corrected chi connectivity index (χ2v) is 8.44. The smallest absolute Gasteiger partial charge is 0.261 e. The molecule has 0 fully saturated rings. The Hall–Kier alpha value is -3.85. The van der Waals surface area contributed by atoms with Gasteiger partial charge < -0.3 is 14.8 Å². The fourth-order valence-corrected chi connectivity index (χ4v) is 4.07. The zero-order valence-corrected chi connectivity index (χ0v) is 18.5. The Kier molecular flexibility index (Phi) is 6.79. The highest BCUT2D eigenvalue weighted by atomic mass is 32.2. The van der Waals surface area contributed by atoms with Gasteiger partial charge in [0.2, 0.25) is 0 Å². The lowest BCUT2D eigenvalue weighted by Gasteiger charge is -2.15. The molecular formula is C23H22N2O6S. The van der Waals surface area contributed by atoms with E-state index in [0.717, 1.165) is 0 Å². The van der Waals surface area contributed by atoms with Crippen LogP contribution in [-0.2, 0) is 10.0 Å². The van der Waals surface area contributed by atoms with Crippen molar-refractivity contribution in [1.82, 2.24) is 0 Å². The second-order valence-electron chi connectivity index (χ2n) is 6.76. The summed E-state index contributed by atoms with van der Waals surface area (Å²) in [6, 6.07) is 16.8. The van der Waals surface area contributed by atoms with Crippen LogP contribution in [0.4, 0.5) is 11.4 Å². The molecule has 2 N–H and O–H groups in total. The SMILES string of the molecule is COc1ccc(NC(=O)c2ccccc2NS(=O)(=O)c2cccc(C(C)=O)c2)c(OC)c1. The Morgan fingerprint density at radius 2 is 1.59 bits per heavy atom. The fourth-order valence-electron chi connectivity index (χ4n) is 2.95. The summed E-state index contributed by atoms with van der Waals surface area (Å²) >= 11 is 0. The van der Waals surface area contributed by atoms with Gasteiger partial charge in [0.15, 0.2) is 5.78 Å². The van der Waals surface area contributed by atoms with E-state index in [-0.39, 0.29) is 27.5 Å². The van der Waals surface area contributed by atoms with Crippen LogP contribution in [0.15, 0.2) is 71.6 Å². The lowest BCUT2D eigenvalue weighted by Crippen LogP contribution is -2.19. The molecule has 3 rings (SSSR count). The van der Waals surface area contributed by atoms with Gasteiger partial charge in [-0.1, -0.05) is 24.3 Å². The topological polar surface area (TPSA) is 111 Å². The Balaban J connectivity index is 1.90. The van der Waals surface area contributed by atoms with Crippen LogP contribution in [0, 0.1) is 0 Å². The molecule has 0 spiro atoms. The van der Waals surface area contributed by atoms with Crippen molar-refractivity contribution in [3.8, 4) is 11.5 Å². The predicted molar refractivity (Wildman–Crippen MR) is 121 cm³/mol. The van der Waals surface area contributed by atoms with Crippen molar-refractivity contribution in [3.63, 3.8) is 0 Å². The highest BCUT2D eigenvalue weighted by Crippen LogP contribution is 2.30. The van der Waals surface area contributed by atoms with Crippen molar-refractivity contribution in [1.29, 1.82) is 0 Å². The quantitative estimate of drug-likeness (QED) is 0.499. The molecule has 0 atom stereocenters. The molecule has 0 bridgehead atoms. The number of anilines is 2. The van der Waals surface area contributed by atoms with E-state index in [4.69, 9.17) is 9.47 Å². The first-order valence-corrected chi connectivity index (χ1v) is 11.0. The van der Waals surface area contributed by atoms with Crippen molar-refractivity contribution >= 4 is 33.1 Å². The summed E-state index contributed by atoms with van der Waals surface area (Å²) < 4.78 is 38.7. The van der Waals surface area contributed by atoms with Crippen molar-refractivity contribution in [3.05, 3.63) is 77.9 Å². The van der Waals surface area contributed by atoms with Gasteiger partial charge in [-0.15, -0.1) is 0 Å². The molecule has 8 nitrogen and oxygen atoms in total. The van der Waals surface area contributed by atoms with E-state index in [1.165, 1.54) is 57.5 Å². The van der Waals surface area contributed by atoms with Gasteiger partial charge in [0, 0.05) is 11.6 Å². The molecule has 0 aliphatic carbocycles. The van der Waals surface area contributed by atoms with Crippen LogP contribution in [0.25, 0.3) is 0 Å². The summed E-state index contributed by atoms with van der Waals surface area (Å²) in [6.07, 6.45) is 0. The van der Waals surface area contributed by atoms with Gasteiger partial charge in [-0.2, -0.15) is 0 Å². The Labute approximate surface area is 186 Å². The van der Waals surface area contributed by atoms with Gasteiger partial charge >= 0.3 is 0 Å². The molecule has 166 valence electrons. The van der Waals surface area contributed by atoms with Crippen LogP contribution in [0.2, 0.25) is 0 Å².